The second kappa shape index (κ2) is 7.43. The summed E-state index contributed by atoms with van der Waals surface area (Å²) in [6.45, 7) is 1.69. The van der Waals surface area contributed by atoms with E-state index in [1.807, 2.05) is 30.3 Å². The standard InChI is InChI=1S/C23H24N4O2/c28-22(23(11-12-23)19-6-2-1-3-7-19)27-14-10-17(16-27)8-9-20-25-21(29-26-20)18-5-4-13-24-15-18/h1-7,13,15,17H,8-12,14,16H2. The molecule has 5 rings (SSSR count). The van der Waals surface area contributed by atoms with Crippen molar-refractivity contribution < 1.29 is 9.32 Å². The number of carbonyl (C=O) groups excluding carboxylic acids is 1. The van der Waals surface area contributed by atoms with Crippen LogP contribution >= 0.6 is 0 Å². The third-order valence-corrected chi connectivity index (χ3v) is 6.21. The van der Waals surface area contributed by atoms with Gasteiger partial charge in [-0.05, 0) is 49.3 Å². The Morgan fingerprint density at radius 2 is 2.03 bits per heavy atom. The van der Waals surface area contributed by atoms with Crippen molar-refractivity contribution in [1.29, 1.82) is 0 Å². The molecule has 2 aromatic heterocycles. The minimum absolute atomic E-state index is 0.261. The highest BCUT2D eigenvalue weighted by Gasteiger charge is 2.53. The van der Waals surface area contributed by atoms with Gasteiger partial charge in [0, 0.05) is 31.9 Å². The monoisotopic (exact) mass is 388 g/mol. The summed E-state index contributed by atoms with van der Waals surface area (Å²) in [5.74, 6) is 2.03. The number of nitrogens with zero attached hydrogens (tertiary/aromatic N) is 4. The molecule has 1 unspecified atom stereocenters. The summed E-state index contributed by atoms with van der Waals surface area (Å²) in [4.78, 5) is 23.8. The van der Waals surface area contributed by atoms with Gasteiger partial charge in [-0.2, -0.15) is 4.98 Å². The summed E-state index contributed by atoms with van der Waals surface area (Å²) in [5, 5.41) is 4.10. The zero-order valence-corrected chi connectivity index (χ0v) is 16.3. The zero-order valence-electron chi connectivity index (χ0n) is 16.3. The van der Waals surface area contributed by atoms with Crippen molar-refractivity contribution >= 4 is 5.91 Å². The lowest BCUT2D eigenvalue weighted by Gasteiger charge is -2.23. The van der Waals surface area contributed by atoms with Crippen LogP contribution in [0.3, 0.4) is 0 Å². The van der Waals surface area contributed by atoms with Gasteiger partial charge >= 0.3 is 0 Å². The molecule has 1 aliphatic carbocycles. The first kappa shape index (κ1) is 18.0. The van der Waals surface area contributed by atoms with Crippen LogP contribution in [0.15, 0.2) is 59.4 Å². The number of carbonyl (C=O) groups is 1. The SMILES string of the molecule is O=C(N1CCC(CCc2noc(-c3cccnc3)n2)C1)C1(c2ccccc2)CC1. The molecule has 6 nitrogen and oxygen atoms in total. The van der Waals surface area contributed by atoms with E-state index in [0.29, 0.717) is 17.7 Å². The molecule has 2 aliphatic rings. The molecule has 1 aliphatic heterocycles. The zero-order chi connectivity index (χ0) is 19.7. The number of amides is 1. The summed E-state index contributed by atoms with van der Waals surface area (Å²) < 4.78 is 5.36. The molecule has 0 bridgehead atoms. The Kier molecular flexibility index (Phi) is 4.62. The van der Waals surface area contributed by atoms with Gasteiger partial charge in [-0.25, -0.2) is 0 Å². The fourth-order valence-electron chi connectivity index (χ4n) is 4.36. The first-order valence-electron chi connectivity index (χ1n) is 10.3. The molecular formula is C23H24N4O2. The first-order valence-corrected chi connectivity index (χ1v) is 10.3. The van der Waals surface area contributed by atoms with E-state index in [4.69, 9.17) is 4.52 Å². The van der Waals surface area contributed by atoms with E-state index in [-0.39, 0.29) is 5.41 Å². The summed E-state index contributed by atoms with van der Waals surface area (Å²) >= 11 is 0. The van der Waals surface area contributed by atoms with Gasteiger partial charge in [-0.1, -0.05) is 35.5 Å². The minimum atomic E-state index is -0.261. The van der Waals surface area contributed by atoms with Crippen LogP contribution in [0.2, 0.25) is 0 Å². The van der Waals surface area contributed by atoms with Crippen LogP contribution in [0.4, 0.5) is 0 Å². The Morgan fingerprint density at radius 1 is 1.17 bits per heavy atom. The third kappa shape index (κ3) is 3.55. The normalized spacial score (nSPS) is 20.0. The summed E-state index contributed by atoms with van der Waals surface area (Å²) in [6.07, 6.45) is 8.15. The fraction of sp³-hybridized carbons (Fsp3) is 0.391. The van der Waals surface area contributed by atoms with Crippen LogP contribution in [-0.4, -0.2) is 39.0 Å². The van der Waals surface area contributed by atoms with Crippen molar-refractivity contribution in [2.24, 2.45) is 5.92 Å². The minimum Gasteiger partial charge on any atom is -0.342 e. The molecule has 0 N–H and O–H groups in total. The quantitative estimate of drug-likeness (QED) is 0.645. The Hall–Kier alpha value is -3.02. The molecule has 1 aromatic carbocycles. The number of aryl methyl sites for hydroxylation is 1. The lowest BCUT2D eigenvalue weighted by molar-refractivity contribution is -0.133. The van der Waals surface area contributed by atoms with Gasteiger partial charge in [0.15, 0.2) is 5.82 Å². The molecular weight excluding hydrogens is 364 g/mol. The highest BCUT2D eigenvalue weighted by Crippen LogP contribution is 2.50. The molecule has 1 amide bonds. The van der Waals surface area contributed by atoms with Crippen molar-refractivity contribution in [3.05, 3.63) is 66.2 Å². The maximum Gasteiger partial charge on any atom is 0.259 e. The highest BCUT2D eigenvalue weighted by atomic mass is 16.5. The molecule has 2 fully saturated rings. The van der Waals surface area contributed by atoms with E-state index < -0.39 is 0 Å². The van der Waals surface area contributed by atoms with Crippen molar-refractivity contribution in [1.82, 2.24) is 20.0 Å². The molecule has 0 radical (unpaired) electrons. The van der Waals surface area contributed by atoms with Crippen LogP contribution in [0.25, 0.3) is 11.5 Å². The number of pyridine rings is 1. The lowest BCUT2D eigenvalue weighted by Crippen LogP contribution is -2.37. The summed E-state index contributed by atoms with van der Waals surface area (Å²) in [7, 11) is 0. The average Bonchev–Trinajstić information content (AvgIpc) is 3.22. The van der Waals surface area contributed by atoms with Gasteiger partial charge in [0.1, 0.15) is 0 Å². The van der Waals surface area contributed by atoms with E-state index in [1.54, 1.807) is 12.4 Å². The molecule has 6 heteroatoms. The summed E-state index contributed by atoms with van der Waals surface area (Å²) in [6, 6.07) is 14.0. The van der Waals surface area contributed by atoms with Crippen molar-refractivity contribution in [3.8, 4) is 11.5 Å². The molecule has 1 saturated heterocycles. The Bertz CT molecular complexity index is 982. The molecule has 0 spiro atoms. The maximum atomic E-state index is 13.2. The molecule has 1 atom stereocenters. The van der Waals surface area contributed by atoms with Gasteiger partial charge < -0.3 is 9.42 Å². The van der Waals surface area contributed by atoms with Crippen LogP contribution < -0.4 is 0 Å². The van der Waals surface area contributed by atoms with E-state index in [9.17, 15) is 4.79 Å². The Balaban J connectivity index is 1.17. The molecule has 1 saturated carbocycles. The predicted molar refractivity (Wildman–Crippen MR) is 108 cm³/mol. The molecule has 29 heavy (non-hydrogen) atoms. The van der Waals surface area contributed by atoms with Gasteiger partial charge in [0.25, 0.3) is 5.89 Å². The number of aromatic nitrogens is 3. The van der Waals surface area contributed by atoms with E-state index in [1.165, 1.54) is 5.56 Å². The number of rotatable bonds is 6. The van der Waals surface area contributed by atoms with Crippen molar-refractivity contribution in [2.75, 3.05) is 13.1 Å². The number of hydrogen-bond acceptors (Lipinski definition) is 5. The van der Waals surface area contributed by atoms with Gasteiger partial charge in [-0.15, -0.1) is 0 Å². The largest absolute Gasteiger partial charge is 0.342 e. The van der Waals surface area contributed by atoms with Crippen LogP contribution in [0.5, 0.6) is 0 Å². The van der Waals surface area contributed by atoms with Crippen molar-refractivity contribution in [3.63, 3.8) is 0 Å². The van der Waals surface area contributed by atoms with Gasteiger partial charge in [0.05, 0.1) is 11.0 Å². The highest BCUT2D eigenvalue weighted by molar-refractivity contribution is 5.91. The predicted octanol–water partition coefficient (Wildman–Crippen LogP) is 3.64. The number of hydrogen-bond donors (Lipinski definition) is 0. The van der Waals surface area contributed by atoms with Crippen LogP contribution in [0.1, 0.15) is 37.1 Å². The van der Waals surface area contributed by atoms with Gasteiger partial charge in [0.2, 0.25) is 5.91 Å². The second-order valence-electron chi connectivity index (χ2n) is 8.15. The Morgan fingerprint density at radius 3 is 2.79 bits per heavy atom. The van der Waals surface area contributed by atoms with Gasteiger partial charge in [-0.3, -0.25) is 9.78 Å². The Labute approximate surface area is 170 Å². The lowest BCUT2D eigenvalue weighted by atomic mass is 9.94. The van der Waals surface area contributed by atoms with Crippen molar-refractivity contribution in [2.45, 2.75) is 37.5 Å². The fourth-order valence-corrected chi connectivity index (χ4v) is 4.36. The number of benzene rings is 1. The van der Waals surface area contributed by atoms with Crippen LogP contribution in [-0.2, 0) is 16.6 Å². The topological polar surface area (TPSA) is 72.1 Å². The maximum absolute atomic E-state index is 13.2. The average molecular weight is 388 g/mol. The first-order chi connectivity index (χ1) is 14.2. The molecule has 148 valence electrons. The molecule has 3 aromatic rings. The van der Waals surface area contributed by atoms with E-state index in [2.05, 4.69) is 32.2 Å². The second-order valence-corrected chi connectivity index (χ2v) is 8.15. The number of likely N-dealkylation sites (tertiary alicyclic amines) is 1. The summed E-state index contributed by atoms with van der Waals surface area (Å²) in [5.41, 5.74) is 1.74. The van der Waals surface area contributed by atoms with E-state index >= 15 is 0 Å². The third-order valence-electron chi connectivity index (χ3n) is 6.21. The van der Waals surface area contributed by atoms with Crippen LogP contribution in [0, 0.1) is 5.92 Å². The smallest absolute Gasteiger partial charge is 0.259 e. The van der Waals surface area contributed by atoms with E-state index in [0.717, 1.165) is 56.6 Å². The molecule has 3 heterocycles.